The number of halogens is 1. The average molecular weight is 347 g/mol. The van der Waals surface area contributed by atoms with Gasteiger partial charge in [-0.3, -0.25) is 0 Å². The van der Waals surface area contributed by atoms with Crippen molar-refractivity contribution in [2.75, 3.05) is 11.9 Å². The predicted octanol–water partition coefficient (Wildman–Crippen LogP) is 3.94. The molecule has 1 aromatic carbocycles. The smallest absolute Gasteiger partial charge is 0.148 e. The molecule has 0 aliphatic carbocycles. The van der Waals surface area contributed by atoms with Crippen molar-refractivity contribution in [2.24, 2.45) is 0 Å². The van der Waals surface area contributed by atoms with Crippen molar-refractivity contribution >= 4 is 5.82 Å². The molecule has 1 N–H and O–H groups in total. The SMILES string of the molecule is CC(C)(CNc1ccc(-c2ccc(C#N)nc2)nn1)c1ccc(F)cc1. The van der Waals surface area contributed by atoms with Crippen LogP contribution in [0.15, 0.2) is 54.7 Å². The van der Waals surface area contributed by atoms with Gasteiger partial charge >= 0.3 is 0 Å². The second-order valence-electron chi connectivity index (χ2n) is 6.59. The lowest BCUT2D eigenvalue weighted by atomic mass is 9.84. The maximum Gasteiger partial charge on any atom is 0.148 e. The minimum Gasteiger partial charge on any atom is -0.368 e. The van der Waals surface area contributed by atoms with E-state index in [1.165, 1.54) is 12.1 Å². The number of rotatable bonds is 5. The lowest BCUT2D eigenvalue weighted by Crippen LogP contribution is -2.28. The minimum atomic E-state index is -0.240. The van der Waals surface area contributed by atoms with E-state index in [0.29, 0.717) is 23.8 Å². The first-order valence-corrected chi connectivity index (χ1v) is 8.18. The minimum absolute atomic E-state index is 0.189. The van der Waals surface area contributed by atoms with Crippen LogP contribution in [0.1, 0.15) is 25.1 Å². The molecule has 0 saturated heterocycles. The number of nitriles is 1. The highest BCUT2D eigenvalue weighted by Gasteiger charge is 2.20. The van der Waals surface area contributed by atoms with E-state index in [1.54, 1.807) is 30.5 Å². The molecule has 6 heteroatoms. The predicted molar refractivity (Wildman–Crippen MR) is 97.9 cm³/mol. The summed E-state index contributed by atoms with van der Waals surface area (Å²) in [5.41, 5.74) is 2.70. The molecule has 3 aromatic rings. The second kappa shape index (κ2) is 7.28. The Morgan fingerprint density at radius 3 is 2.38 bits per heavy atom. The Morgan fingerprint density at radius 1 is 1.04 bits per heavy atom. The number of pyridine rings is 1. The molecule has 0 radical (unpaired) electrons. The van der Waals surface area contributed by atoms with Crippen LogP contribution in [-0.4, -0.2) is 21.7 Å². The molecule has 0 atom stereocenters. The van der Waals surface area contributed by atoms with E-state index in [9.17, 15) is 4.39 Å². The van der Waals surface area contributed by atoms with Crippen molar-refractivity contribution in [3.05, 3.63) is 71.8 Å². The highest BCUT2D eigenvalue weighted by Crippen LogP contribution is 2.24. The lowest BCUT2D eigenvalue weighted by molar-refractivity contribution is 0.552. The zero-order chi connectivity index (χ0) is 18.6. The van der Waals surface area contributed by atoms with Gasteiger partial charge in [0, 0.05) is 23.7 Å². The van der Waals surface area contributed by atoms with Gasteiger partial charge in [-0.05, 0) is 42.0 Å². The highest BCUT2D eigenvalue weighted by molar-refractivity contribution is 5.58. The summed E-state index contributed by atoms with van der Waals surface area (Å²) in [6.45, 7) is 4.79. The Kier molecular flexibility index (Phi) is 4.90. The van der Waals surface area contributed by atoms with Crippen LogP contribution >= 0.6 is 0 Å². The van der Waals surface area contributed by atoms with Gasteiger partial charge in [0.15, 0.2) is 0 Å². The summed E-state index contributed by atoms with van der Waals surface area (Å²) in [5.74, 6) is 0.418. The van der Waals surface area contributed by atoms with E-state index >= 15 is 0 Å². The maximum atomic E-state index is 13.1. The van der Waals surface area contributed by atoms with Gasteiger partial charge in [0.05, 0.1) is 5.69 Å². The molecule has 0 fully saturated rings. The van der Waals surface area contributed by atoms with Crippen molar-refractivity contribution in [3.63, 3.8) is 0 Å². The van der Waals surface area contributed by atoms with Crippen molar-refractivity contribution in [3.8, 4) is 17.3 Å². The third kappa shape index (κ3) is 4.01. The second-order valence-corrected chi connectivity index (χ2v) is 6.59. The number of benzene rings is 1. The van der Waals surface area contributed by atoms with Gasteiger partial charge in [-0.25, -0.2) is 9.37 Å². The Bertz CT molecular complexity index is 910. The normalized spacial score (nSPS) is 11.0. The molecule has 0 bridgehead atoms. The van der Waals surface area contributed by atoms with Gasteiger partial charge < -0.3 is 5.32 Å². The summed E-state index contributed by atoms with van der Waals surface area (Å²) >= 11 is 0. The van der Waals surface area contributed by atoms with Crippen molar-refractivity contribution in [1.82, 2.24) is 15.2 Å². The van der Waals surface area contributed by atoms with Crippen LogP contribution in [0.2, 0.25) is 0 Å². The van der Waals surface area contributed by atoms with Crippen LogP contribution in [0.4, 0.5) is 10.2 Å². The Morgan fingerprint density at radius 2 is 1.81 bits per heavy atom. The van der Waals surface area contributed by atoms with Crippen molar-refractivity contribution in [2.45, 2.75) is 19.3 Å². The zero-order valence-corrected chi connectivity index (χ0v) is 14.6. The Hall–Kier alpha value is -3.33. The number of anilines is 1. The van der Waals surface area contributed by atoms with Gasteiger partial charge in [0.25, 0.3) is 0 Å². The first kappa shape index (κ1) is 17.5. The van der Waals surface area contributed by atoms with Gasteiger partial charge in [0.2, 0.25) is 0 Å². The summed E-state index contributed by atoms with van der Waals surface area (Å²) < 4.78 is 13.1. The molecular formula is C20H18FN5. The van der Waals surface area contributed by atoms with Gasteiger partial charge in [-0.15, -0.1) is 10.2 Å². The monoisotopic (exact) mass is 347 g/mol. The molecule has 5 nitrogen and oxygen atoms in total. The number of nitrogens with one attached hydrogen (secondary N) is 1. The molecule has 2 heterocycles. The van der Waals surface area contributed by atoms with Crippen LogP contribution in [0.3, 0.4) is 0 Å². The van der Waals surface area contributed by atoms with E-state index in [4.69, 9.17) is 5.26 Å². The quantitative estimate of drug-likeness (QED) is 0.757. The summed E-state index contributed by atoms with van der Waals surface area (Å²) in [6.07, 6.45) is 1.60. The molecule has 0 amide bonds. The average Bonchev–Trinajstić information content (AvgIpc) is 2.67. The van der Waals surface area contributed by atoms with Crippen molar-refractivity contribution < 1.29 is 4.39 Å². The fourth-order valence-corrected chi connectivity index (χ4v) is 2.51. The lowest BCUT2D eigenvalue weighted by Gasteiger charge is -2.25. The van der Waals surface area contributed by atoms with E-state index in [1.807, 2.05) is 18.2 Å². The Balaban J connectivity index is 1.67. The number of aromatic nitrogens is 3. The van der Waals surface area contributed by atoms with Crippen molar-refractivity contribution in [1.29, 1.82) is 5.26 Å². The fourth-order valence-electron chi connectivity index (χ4n) is 2.51. The molecule has 130 valence electrons. The van der Waals surface area contributed by atoms with E-state index < -0.39 is 0 Å². The molecule has 3 rings (SSSR count). The molecule has 26 heavy (non-hydrogen) atoms. The van der Waals surface area contributed by atoms with Crippen LogP contribution in [0.25, 0.3) is 11.3 Å². The summed E-state index contributed by atoms with van der Waals surface area (Å²) in [7, 11) is 0. The van der Waals surface area contributed by atoms with Crippen LogP contribution in [0, 0.1) is 17.1 Å². The molecular weight excluding hydrogens is 329 g/mol. The number of hydrogen-bond acceptors (Lipinski definition) is 5. The number of nitrogens with zero attached hydrogens (tertiary/aromatic N) is 4. The van der Waals surface area contributed by atoms with Gasteiger partial charge in [-0.2, -0.15) is 5.26 Å². The molecule has 0 aliphatic heterocycles. The van der Waals surface area contributed by atoms with Gasteiger partial charge in [-0.1, -0.05) is 26.0 Å². The largest absolute Gasteiger partial charge is 0.368 e. The fraction of sp³-hybridized carbons (Fsp3) is 0.200. The molecule has 0 spiro atoms. The summed E-state index contributed by atoms with van der Waals surface area (Å²) in [4.78, 5) is 4.03. The summed E-state index contributed by atoms with van der Waals surface area (Å²) in [6, 6.07) is 15.7. The molecule has 0 unspecified atom stereocenters. The third-order valence-corrected chi connectivity index (χ3v) is 4.18. The molecule has 0 saturated carbocycles. The van der Waals surface area contributed by atoms with Crippen LogP contribution in [-0.2, 0) is 5.41 Å². The third-order valence-electron chi connectivity index (χ3n) is 4.18. The number of hydrogen-bond donors (Lipinski definition) is 1. The van der Waals surface area contributed by atoms with Gasteiger partial charge in [0.1, 0.15) is 23.4 Å². The zero-order valence-electron chi connectivity index (χ0n) is 14.6. The highest BCUT2D eigenvalue weighted by atomic mass is 19.1. The van der Waals surface area contributed by atoms with Crippen LogP contribution < -0.4 is 5.32 Å². The van der Waals surface area contributed by atoms with E-state index in [0.717, 1.165) is 11.1 Å². The maximum absolute atomic E-state index is 13.1. The topological polar surface area (TPSA) is 74.5 Å². The van der Waals surface area contributed by atoms with E-state index in [-0.39, 0.29) is 11.2 Å². The first-order valence-electron chi connectivity index (χ1n) is 8.18. The van der Waals surface area contributed by atoms with Crippen LogP contribution in [0.5, 0.6) is 0 Å². The Labute approximate surface area is 151 Å². The molecule has 2 aromatic heterocycles. The molecule has 0 aliphatic rings. The van der Waals surface area contributed by atoms with E-state index in [2.05, 4.69) is 34.3 Å². The standard InChI is InChI=1S/C20H18FN5/c1-20(2,15-4-6-16(21)7-5-15)13-24-19-10-9-18(25-26-19)14-3-8-17(11-22)23-12-14/h3-10,12H,13H2,1-2H3,(H,24,26). The first-order chi connectivity index (χ1) is 12.5. The summed E-state index contributed by atoms with van der Waals surface area (Å²) in [5, 5.41) is 20.5.